The Kier molecular flexibility index (Phi) is 5.89. The Balaban J connectivity index is 1.62. The molecule has 1 aliphatic rings. The summed E-state index contributed by atoms with van der Waals surface area (Å²) in [5.74, 6) is 1.87. The summed E-state index contributed by atoms with van der Waals surface area (Å²) >= 11 is 0. The predicted molar refractivity (Wildman–Crippen MR) is 115 cm³/mol. The number of hydrogen-bond donors (Lipinski definition) is 1. The van der Waals surface area contributed by atoms with Crippen molar-refractivity contribution in [2.75, 3.05) is 10.2 Å². The van der Waals surface area contributed by atoms with Crippen LogP contribution in [0.5, 0.6) is 0 Å². The number of benzene rings is 2. The molecule has 0 aliphatic carbocycles. The van der Waals surface area contributed by atoms with Crippen LogP contribution < -0.4 is 10.2 Å². The van der Waals surface area contributed by atoms with Gasteiger partial charge in [-0.3, -0.25) is 4.90 Å². The van der Waals surface area contributed by atoms with E-state index < -0.39 is 0 Å². The van der Waals surface area contributed by atoms with E-state index in [9.17, 15) is 4.79 Å². The number of nitrogens with one attached hydrogen (secondary N) is 1. The molecule has 0 atom stereocenters. The van der Waals surface area contributed by atoms with Gasteiger partial charge in [0.15, 0.2) is 5.82 Å². The number of urea groups is 1. The summed E-state index contributed by atoms with van der Waals surface area (Å²) in [6.45, 7) is 3.43. The van der Waals surface area contributed by atoms with Crippen LogP contribution in [0.25, 0.3) is 0 Å². The van der Waals surface area contributed by atoms with Crippen molar-refractivity contribution in [3.05, 3.63) is 71.8 Å². The summed E-state index contributed by atoms with van der Waals surface area (Å²) in [6.07, 6.45) is 5.40. The minimum absolute atomic E-state index is 0.175. The number of carbonyl (C=O) groups is 1. The highest BCUT2D eigenvalue weighted by atomic mass is 16.2. The van der Waals surface area contributed by atoms with E-state index in [1.165, 1.54) is 12.0 Å². The number of amides is 2. The average Bonchev–Trinajstić information content (AvgIpc) is 2.98. The smallest absolute Gasteiger partial charge is 0.313 e. The van der Waals surface area contributed by atoms with E-state index in [1.807, 2.05) is 42.5 Å². The molecule has 0 bridgehead atoms. The van der Waals surface area contributed by atoms with Gasteiger partial charge in [0.25, 0.3) is 0 Å². The van der Waals surface area contributed by atoms with Gasteiger partial charge in [0, 0.05) is 24.3 Å². The third-order valence-electron chi connectivity index (χ3n) is 5.41. The van der Waals surface area contributed by atoms with Crippen LogP contribution in [0.1, 0.15) is 43.4 Å². The Morgan fingerprint density at radius 2 is 1.83 bits per heavy atom. The van der Waals surface area contributed by atoms with E-state index in [-0.39, 0.29) is 6.03 Å². The zero-order chi connectivity index (χ0) is 20.1. The lowest BCUT2D eigenvalue weighted by Gasteiger charge is -2.23. The molecule has 29 heavy (non-hydrogen) atoms. The Morgan fingerprint density at radius 1 is 1.03 bits per heavy atom. The minimum atomic E-state index is -0.175. The maximum atomic E-state index is 13.2. The van der Waals surface area contributed by atoms with Crippen molar-refractivity contribution in [3.8, 4) is 0 Å². The van der Waals surface area contributed by atoms with Crippen LogP contribution in [0.15, 0.2) is 54.6 Å². The van der Waals surface area contributed by atoms with Gasteiger partial charge in [-0.2, -0.15) is 0 Å². The van der Waals surface area contributed by atoms with Gasteiger partial charge in [0.05, 0.1) is 6.54 Å². The van der Waals surface area contributed by atoms with Gasteiger partial charge in [-0.15, -0.1) is 10.2 Å². The first-order valence-electron chi connectivity index (χ1n) is 10.4. The van der Waals surface area contributed by atoms with Gasteiger partial charge < -0.3 is 9.88 Å². The number of carbonyl (C=O) groups excluding carboxylic acids is 1. The predicted octanol–water partition coefficient (Wildman–Crippen LogP) is 4.81. The highest BCUT2D eigenvalue weighted by Crippen LogP contribution is 2.22. The second kappa shape index (κ2) is 8.90. The van der Waals surface area contributed by atoms with E-state index in [2.05, 4.69) is 39.1 Å². The molecule has 1 aliphatic heterocycles. The quantitative estimate of drug-likeness (QED) is 0.681. The van der Waals surface area contributed by atoms with Crippen molar-refractivity contribution < 1.29 is 4.79 Å². The van der Waals surface area contributed by atoms with Crippen molar-refractivity contribution in [3.63, 3.8) is 0 Å². The number of para-hydroxylation sites is 1. The molecule has 2 aromatic carbocycles. The van der Waals surface area contributed by atoms with Gasteiger partial charge in [0.1, 0.15) is 5.82 Å². The van der Waals surface area contributed by atoms with Crippen LogP contribution in [0.3, 0.4) is 0 Å². The fourth-order valence-corrected chi connectivity index (χ4v) is 3.71. The maximum absolute atomic E-state index is 13.2. The summed E-state index contributed by atoms with van der Waals surface area (Å²) in [6, 6.07) is 17.5. The third-order valence-corrected chi connectivity index (χ3v) is 5.41. The Hall–Kier alpha value is -3.15. The van der Waals surface area contributed by atoms with Crippen molar-refractivity contribution in [2.45, 2.75) is 52.1 Å². The summed E-state index contributed by atoms with van der Waals surface area (Å²) < 4.78 is 2.19. The van der Waals surface area contributed by atoms with Crippen LogP contribution in [0, 0.1) is 0 Å². The minimum Gasteiger partial charge on any atom is -0.313 e. The molecule has 0 saturated heterocycles. The van der Waals surface area contributed by atoms with Crippen LogP contribution in [0.2, 0.25) is 0 Å². The molecular formula is C23H27N5O. The van der Waals surface area contributed by atoms with Crippen LogP contribution in [-0.4, -0.2) is 20.8 Å². The topological polar surface area (TPSA) is 63.1 Å². The second-order valence-electron chi connectivity index (χ2n) is 7.40. The number of rotatable bonds is 5. The van der Waals surface area contributed by atoms with Gasteiger partial charge in [-0.25, -0.2) is 4.79 Å². The zero-order valence-electron chi connectivity index (χ0n) is 16.8. The summed E-state index contributed by atoms with van der Waals surface area (Å²) in [5.41, 5.74) is 2.86. The number of fused-ring (bicyclic) bond motifs is 1. The van der Waals surface area contributed by atoms with Crippen LogP contribution in [0.4, 0.5) is 16.2 Å². The van der Waals surface area contributed by atoms with Crippen LogP contribution >= 0.6 is 0 Å². The van der Waals surface area contributed by atoms with Crippen LogP contribution in [-0.2, 0) is 25.9 Å². The van der Waals surface area contributed by atoms with E-state index in [4.69, 9.17) is 0 Å². The molecule has 2 amide bonds. The molecule has 2 heterocycles. The molecule has 0 spiro atoms. The van der Waals surface area contributed by atoms with Gasteiger partial charge >= 0.3 is 6.03 Å². The number of anilines is 2. The maximum Gasteiger partial charge on any atom is 0.326 e. The van der Waals surface area contributed by atoms with Crippen molar-refractivity contribution in [1.82, 2.24) is 14.8 Å². The van der Waals surface area contributed by atoms with Gasteiger partial charge in [0.2, 0.25) is 0 Å². The van der Waals surface area contributed by atoms with Crippen molar-refractivity contribution in [1.29, 1.82) is 0 Å². The fourth-order valence-electron chi connectivity index (χ4n) is 3.71. The molecule has 6 nitrogen and oxygen atoms in total. The van der Waals surface area contributed by atoms with E-state index in [0.717, 1.165) is 55.3 Å². The fraction of sp³-hybridized carbons (Fsp3) is 0.348. The zero-order valence-corrected chi connectivity index (χ0v) is 16.8. The van der Waals surface area contributed by atoms with Gasteiger partial charge in [-0.1, -0.05) is 43.7 Å². The molecule has 0 unspecified atom stereocenters. The molecule has 1 N–H and O–H groups in total. The molecule has 4 rings (SSSR count). The normalized spacial score (nSPS) is 13.4. The van der Waals surface area contributed by atoms with E-state index >= 15 is 0 Å². The standard InChI is InChI=1S/C23H27N5O/c1-2-18-12-14-20(15-13-18)28(23(29)24-19-9-5-3-6-10-19)17-22-26-25-21-11-7-4-8-16-27(21)22/h3,5-6,9-10,12-15H,2,4,7-8,11,16-17H2,1H3,(H,24,29). The number of nitrogens with zero attached hydrogens (tertiary/aromatic N) is 4. The largest absolute Gasteiger partial charge is 0.326 e. The molecule has 0 fully saturated rings. The number of aromatic nitrogens is 3. The van der Waals surface area contributed by atoms with Gasteiger partial charge in [-0.05, 0) is 49.1 Å². The number of hydrogen-bond acceptors (Lipinski definition) is 3. The first-order chi connectivity index (χ1) is 14.2. The monoisotopic (exact) mass is 389 g/mol. The Labute approximate surface area is 171 Å². The summed E-state index contributed by atoms with van der Waals surface area (Å²) in [7, 11) is 0. The lowest BCUT2D eigenvalue weighted by atomic mass is 10.1. The molecule has 150 valence electrons. The van der Waals surface area contributed by atoms with Crippen molar-refractivity contribution in [2.24, 2.45) is 0 Å². The molecule has 0 saturated carbocycles. The van der Waals surface area contributed by atoms with Crippen molar-refractivity contribution >= 4 is 17.4 Å². The Morgan fingerprint density at radius 3 is 2.59 bits per heavy atom. The highest BCUT2D eigenvalue weighted by Gasteiger charge is 2.22. The first kappa shape index (κ1) is 19.2. The lowest BCUT2D eigenvalue weighted by Crippen LogP contribution is -2.35. The second-order valence-corrected chi connectivity index (χ2v) is 7.40. The highest BCUT2D eigenvalue weighted by molar-refractivity contribution is 6.01. The molecular weight excluding hydrogens is 362 g/mol. The molecule has 6 heteroatoms. The SMILES string of the molecule is CCc1ccc(N(Cc2nnc3n2CCCCC3)C(=O)Nc2ccccc2)cc1. The van der Waals surface area contributed by atoms with E-state index in [0.29, 0.717) is 6.54 Å². The number of aryl methyl sites for hydroxylation is 2. The van der Waals surface area contributed by atoms with E-state index in [1.54, 1.807) is 4.90 Å². The summed E-state index contributed by atoms with van der Waals surface area (Å²) in [4.78, 5) is 14.9. The lowest BCUT2D eigenvalue weighted by molar-refractivity contribution is 0.256. The first-order valence-corrected chi connectivity index (χ1v) is 10.4. The molecule has 1 aromatic heterocycles. The summed E-state index contributed by atoms with van der Waals surface area (Å²) in [5, 5.41) is 11.8. The molecule has 3 aromatic rings. The molecule has 0 radical (unpaired) electrons. The Bertz CT molecular complexity index is 949. The third kappa shape index (κ3) is 4.47. The average molecular weight is 390 g/mol.